The van der Waals surface area contributed by atoms with Gasteiger partial charge in [-0.05, 0) is 13.0 Å². The van der Waals surface area contributed by atoms with Crippen molar-refractivity contribution in [1.82, 2.24) is 0 Å². The maximum Gasteiger partial charge on any atom is 0.192 e. The van der Waals surface area contributed by atoms with Crippen LogP contribution in [0.4, 0.5) is 0 Å². The molecule has 0 aromatic rings. The van der Waals surface area contributed by atoms with Crippen molar-refractivity contribution >= 4 is 5.78 Å². The van der Waals surface area contributed by atoms with E-state index in [9.17, 15) is 4.79 Å². The quantitative estimate of drug-likeness (QED) is 0.306. The maximum atomic E-state index is 11.0. The first-order chi connectivity index (χ1) is 6.04. The fraction of sp³-hybridized carbons (Fsp3) is 0.857. The van der Waals surface area contributed by atoms with Gasteiger partial charge in [0.2, 0.25) is 0 Å². The predicted octanol–water partition coefficient (Wildman–Crippen LogP) is -3.02. The highest BCUT2D eigenvalue weighted by Gasteiger charge is 2.28. The van der Waals surface area contributed by atoms with Gasteiger partial charge < -0.3 is 26.2 Å². The van der Waals surface area contributed by atoms with E-state index >= 15 is 0 Å². The summed E-state index contributed by atoms with van der Waals surface area (Å²) in [6.45, 7) is -0.628. The van der Waals surface area contributed by atoms with Gasteiger partial charge in [0.1, 0.15) is 18.3 Å². The van der Waals surface area contributed by atoms with Crippen molar-refractivity contribution < 1.29 is 25.2 Å². The summed E-state index contributed by atoms with van der Waals surface area (Å²) in [7, 11) is 0. The molecule has 0 aromatic heterocycles. The normalized spacial score (nSPS) is 17.9. The van der Waals surface area contributed by atoms with E-state index in [1.807, 2.05) is 0 Å². The monoisotopic (exact) mass is 193 g/mol. The molecule has 0 aliphatic carbocycles. The van der Waals surface area contributed by atoms with Gasteiger partial charge in [-0.2, -0.15) is 0 Å². The smallest absolute Gasteiger partial charge is 0.192 e. The van der Waals surface area contributed by atoms with Crippen LogP contribution in [0.15, 0.2) is 0 Å². The summed E-state index contributed by atoms with van der Waals surface area (Å²) < 4.78 is 0. The van der Waals surface area contributed by atoms with Gasteiger partial charge in [-0.3, -0.25) is 4.79 Å². The zero-order valence-corrected chi connectivity index (χ0v) is 7.13. The molecule has 0 aromatic carbocycles. The molecular formula is C7H15NO5. The zero-order chi connectivity index (χ0) is 10.4. The molecule has 3 atom stereocenters. The summed E-state index contributed by atoms with van der Waals surface area (Å²) in [5, 5.41) is 35.3. The predicted molar refractivity (Wildman–Crippen MR) is 43.8 cm³/mol. The summed E-state index contributed by atoms with van der Waals surface area (Å²) in [6.07, 6.45) is -4.68. The summed E-state index contributed by atoms with van der Waals surface area (Å²) in [4.78, 5) is 11.0. The van der Waals surface area contributed by atoms with E-state index in [4.69, 9.17) is 26.2 Å². The minimum atomic E-state index is -1.76. The molecule has 6 nitrogen and oxygen atoms in total. The zero-order valence-electron chi connectivity index (χ0n) is 7.13. The highest BCUT2D eigenvalue weighted by atomic mass is 16.4. The van der Waals surface area contributed by atoms with Gasteiger partial charge in [0.15, 0.2) is 5.78 Å². The van der Waals surface area contributed by atoms with Crippen LogP contribution in [0.5, 0.6) is 0 Å². The molecule has 0 bridgehead atoms. The number of carbonyl (C=O) groups excluding carboxylic acids is 1. The Morgan fingerprint density at radius 2 is 1.85 bits per heavy atom. The summed E-state index contributed by atoms with van der Waals surface area (Å²) >= 11 is 0. The molecule has 0 saturated heterocycles. The van der Waals surface area contributed by atoms with Gasteiger partial charge in [-0.25, -0.2) is 0 Å². The second kappa shape index (κ2) is 6.01. The number of hydrogen-bond acceptors (Lipinski definition) is 6. The van der Waals surface area contributed by atoms with Crippen molar-refractivity contribution in [2.24, 2.45) is 5.73 Å². The third-order valence-corrected chi connectivity index (χ3v) is 1.61. The average molecular weight is 193 g/mol. The second-order valence-electron chi connectivity index (χ2n) is 2.69. The number of nitrogens with two attached hydrogens (primary N) is 1. The van der Waals surface area contributed by atoms with E-state index < -0.39 is 30.7 Å². The SMILES string of the molecule is NCCC(O)C(=O)[C@H](O)[C@H](O)CO. The second-order valence-corrected chi connectivity index (χ2v) is 2.69. The number of rotatable bonds is 6. The van der Waals surface area contributed by atoms with Gasteiger partial charge in [0.25, 0.3) is 0 Å². The lowest BCUT2D eigenvalue weighted by Gasteiger charge is -2.17. The molecule has 0 amide bonds. The molecule has 0 heterocycles. The first kappa shape index (κ1) is 12.5. The van der Waals surface area contributed by atoms with Crippen molar-refractivity contribution in [2.75, 3.05) is 13.2 Å². The number of hydrogen-bond donors (Lipinski definition) is 5. The largest absolute Gasteiger partial charge is 0.394 e. The number of ketones is 1. The maximum absolute atomic E-state index is 11.0. The molecule has 13 heavy (non-hydrogen) atoms. The van der Waals surface area contributed by atoms with E-state index in [-0.39, 0.29) is 13.0 Å². The van der Waals surface area contributed by atoms with Gasteiger partial charge in [0, 0.05) is 0 Å². The Morgan fingerprint density at radius 3 is 2.23 bits per heavy atom. The standard InChI is InChI=1S/C7H15NO5/c8-2-1-4(10)6(12)7(13)5(11)3-9/h4-5,7,9-11,13H,1-3,8H2/t4?,5-,7-/m1/s1. The molecule has 0 aliphatic heterocycles. The van der Waals surface area contributed by atoms with Crippen LogP contribution in [-0.4, -0.2) is 57.7 Å². The summed E-state index contributed by atoms with van der Waals surface area (Å²) in [6, 6.07) is 0. The molecule has 6 N–H and O–H groups in total. The van der Waals surface area contributed by atoms with Crippen LogP contribution >= 0.6 is 0 Å². The number of Topliss-reactive ketones (excluding diaryl/α,β-unsaturated/α-hetero) is 1. The third-order valence-electron chi connectivity index (χ3n) is 1.61. The fourth-order valence-corrected chi connectivity index (χ4v) is 0.787. The van der Waals surface area contributed by atoms with Crippen LogP contribution in [0, 0.1) is 0 Å². The number of aliphatic hydroxyl groups is 4. The number of aliphatic hydroxyl groups excluding tert-OH is 4. The molecule has 0 aliphatic rings. The summed E-state index contributed by atoms with van der Waals surface area (Å²) in [5.74, 6) is -0.924. The van der Waals surface area contributed by atoms with Crippen LogP contribution in [0.25, 0.3) is 0 Å². The van der Waals surface area contributed by atoms with E-state index in [1.165, 1.54) is 0 Å². The minimum Gasteiger partial charge on any atom is -0.394 e. The minimum absolute atomic E-state index is 0.0219. The fourth-order valence-electron chi connectivity index (χ4n) is 0.787. The van der Waals surface area contributed by atoms with Gasteiger partial charge in [0.05, 0.1) is 6.61 Å². The molecule has 0 rings (SSSR count). The topological polar surface area (TPSA) is 124 Å². The average Bonchev–Trinajstić information content (AvgIpc) is 2.14. The van der Waals surface area contributed by atoms with Gasteiger partial charge >= 0.3 is 0 Å². The lowest BCUT2D eigenvalue weighted by atomic mass is 10.0. The Kier molecular flexibility index (Phi) is 5.76. The van der Waals surface area contributed by atoms with Crippen LogP contribution in [0.1, 0.15) is 6.42 Å². The van der Waals surface area contributed by atoms with E-state index in [1.54, 1.807) is 0 Å². The summed E-state index contributed by atoms with van der Waals surface area (Å²) in [5.41, 5.74) is 5.07. The first-order valence-electron chi connectivity index (χ1n) is 3.93. The van der Waals surface area contributed by atoms with Gasteiger partial charge in [-0.1, -0.05) is 0 Å². The highest BCUT2D eigenvalue weighted by Crippen LogP contribution is 2.01. The Hall–Kier alpha value is -0.530. The third kappa shape index (κ3) is 3.79. The highest BCUT2D eigenvalue weighted by molar-refractivity contribution is 5.87. The first-order valence-corrected chi connectivity index (χ1v) is 3.93. The molecule has 1 unspecified atom stereocenters. The lowest BCUT2D eigenvalue weighted by Crippen LogP contribution is -2.42. The lowest BCUT2D eigenvalue weighted by molar-refractivity contribution is -0.143. The Morgan fingerprint density at radius 1 is 1.31 bits per heavy atom. The van der Waals surface area contributed by atoms with E-state index in [2.05, 4.69) is 0 Å². The van der Waals surface area contributed by atoms with Crippen molar-refractivity contribution in [1.29, 1.82) is 0 Å². The molecule has 0 spiro atoms. The van der Waals surface area contributed by atoms with Crippen LogP contribution in [-0.2, 0) is 4.79 Å². The molecule has 6 heteroatoms. The van der Waals surface area contributed by atoms with Crippen LogP contribution < -0.4 is 5.73 Å². The molecule has 0 radical (unpaired) electrons. The Bertz CT molecular complexity index is 163. The van der Waals surface area contributed by atoms with Crippen molar-refractivity contribution in [3.8, 4) is 0 Å². The van der Waals surface area contributed by atoms with Gasteiger partial charge in [-0.15, -0.1) is 0 Å². The van der Waals surface area contributed by atoms with Crippen molar-refractivity contribution in [3.05, 3.63) is 0 Å². The Balaban J connectivity index is 4.08. The van der Waals surface area contributed by atoms with Crippen molar-refractivity contribution in [3.63, 3.8) is 0 Å². The van der Waals surface area contributed by atoms with E-state index in [0.717, 1.165) is 0 Å². The van der Waals surface area contributed by atoms with E-state index in [0.29, 0.717) is 0 Å². The number of carbonyl (C=O) groups is 1. The molecule has 0 saturated carbocycles. The molecular weight excluding hydrogens is 178 g/mol. The van der Waals surface area contributed by atoms with Crippen LogP contribution in [0.3, 0.4) is 0 Å². The molecule has 78 valence electrons. The Labute approximate surface area is 75.6 Å². The molecule has 0 fully saturated rings. The van der Waals surface area contributed by atoms with Crippen molar-refractivity contribution in [2.45, 2.75) is 24.7 Å². The van der Waals surface area contributed by atoms with Crippen LogP contribution in [0.2, 0.25) is 0 Å².